The van der Waals surface area contributed by atoms with Gasteiger partial charge in [0.2, 0.25) is 0 Å². The normalized spacial score (nSPS) is 10.4. The van der Waals surface area contributed by atoms with Gasteiger partial charge in [0.1, 0.15) is 0 Å². The van der Waals surface area contributed by atoms with E-state index in [0.29, 0.717) is 17.0 Å². The Morgan fingerprint density at radius 1 is 1.10 bits per heavy atom. The number of hydrogen-bond acceptors (Lipinski definition) is 2. The Hall–Kier alpha value is -1.95. The van der Waals surface area contributed by atoms with Gasteiger partial charge in [-0.25, -0.2) is 13.2 Å². The van der Waals surface area contributed by atoms with Crippen LogP contribution in [0.15, 0.2) is 35.2 Å². The Labute approximate surface area is 119 Å². The second kappa shape index (κ2) is 5.58. The van der Waals surface area contributed by atoms with Gasteiger partial charge in [-0.1, -0.05) is 6.07 Å². The number of hydrogen-bond donors (Lipinski definition) is 2. The molecule has 2 nitrogen and oxygen atoms in total. The maximum absolute atomic E-state index is 13.0. The second-order valence-corrected chi connectivity index (χ2v) is 4.69. The zero-order chi connectivity index (χ0) is 14.9. The maximum atomic E-state index is 13.0. The van der Waals surface area contributed by atoms with Crippen molar-refractivity contribution in [2.24, 2.45) is 0 Å². The van der Waals surface area contributed by atoms with Gasteiger partial charge in [0.25, 0.3) is 5.91 Å². The van der Waals surface area contributed by atoms with Crippen LogP contribution in [0.25, 0.3) is 0 Å². The van der Waals surface area contributed by atoms with Crippen LogP contribution in [0.2, 0.25) is 0 Å². The Kier molecular flexibility index (Phi) is 4.04. The highest BCUT2D eigenvalue weighted by Crippen LogP contribution is 2.19. The van der Waals surface area contributed by atoms with E-state index in [1.54, 1.807) is 12.1 Å². The molecule has 0 aliphatic rings. The van der Waals surface area contributed by atoms with Gasteiger partial charge in [-0.3, -0.25) is 4.79 Å². The van der Waals surface area contributed by atoms with Gasteiger partial charge < -0.3 is 5.32 Å². The molecule has 2 aromatic rings. The topological polar surface area (TPSA) is 29.1 Å². The number of rotatable bonds is 2. The Balaban J connectivity index is 2.25. The Morgan fingerprint density at radius 2 is 1.70 bits per heavy atom. The zero-order valence-electron chi connectivity index (χ0n) is 10.4. The fourth-order valence-electron chi connectivity index (χ4n) is 1.58. The Morgan fingerprint density at radius 3 is 2.25 bits per heavy atom. The number of carbonyl (C=O) groups is 1. The van der Waals surface area contributed by atoms with Crippen molar-refractivity contribution in [3.8, 4) is 0 Å². The van der Waals surface area contributed by atoms with E-state index in [1.807, 2.05) is 6.92 Å². The fraction of sp³-hybridized carbons (Fsp3) is 0.0714. The molecule has 20 heavy (non-hydrogen) atoms. The molecule has 0 saturated heterocycles. The van der Waals surface area contributed by atoms with Crippen LogP contribution in [0.3, 0.4) is 0 Å². The molecule has 0 saturated carbocycles. The molecular formula is C14H10F3NOS. The third kappa shape index (κ3) is 2.96. The van der Waals surface area contributed by atoms with E-state index in [0.717, 1.165) is 5.56 Å². The molecule has 0 aliphatic heterocycles. The number of amides is 1. The minimum atomic E-state index is -1.57. The molecular weight excluding hydrogens is 287 g/mol. The number of anilines is 1. The highest BCUT2D eigenvalue weighted by Gasteiger charge is 2.13. The lowest BCUT2D eigenvalue weighted by molar-refractivity contribution is 0.102. The van der Waals surface area contributed by atoms with Gasteiger partial charge in [0.15, 0.2) is 17.5 Å². The van der Waals surface area contributed by atoms with Crippen molar-refractivity contribution in [3.05, 3.63) is 58.9 Å². The van der Waals surface area contributed by atoms with Crippen molar-refractivity contribution in [1.82, 2.24) is 0 Å². The molecule has 1 amide bonds. The maximum Gasteiger partial charge on any atom is 0.255 e. The van der Waals surface area contributed by atoms with Gasteiger partial charge in [0.05, 0.1) is 0 Å². The molecule has 0 fully saturated rings. The number of nitrogens with one attached hydrogen (secondary N) is 1. The fourth-order valence-corrected chi connectivity index (χ4v) is 1.80. The van der Waals surface area contributed by atoms with Crippen LogP contribution in [0.4, 0.5) is 18.9 Å². The summed E-state index contributed by atoms with van der Waals surface area (Å²) in [6.45, 7) is 1.83. The Bertz CT molecular complexity index is 665. The third-order valence-electron chi connectivity index (χ3n) is 2.71. The average molecular weight is 297 g/mol. The molecule has 1 N–H and O–H groups in total. The van der Waals surface area contributed by atoms with Crippen LogP contribution in [0.5, 0.6) is 0 Å². The van der Waals surface area contributed by atoms with Crippen LogP contribution in [-0.4, -0.2) is 5.91 Å². The average Bonchev–Trinajstić information content (AvgIpc) is 2.39. The summed E-state index contributed by atoms with van der Waals surface area (Å²) in [6, 6.07) is 6.21. The first kappa shape index (κ1) is 14.5. The van der Waals surface area contributed by atoms with Crippen molar-refractivity contribution in [2.75, 3.05) is 5.32 Å². The molecule has 6 heteroatoms. The molecule has 0 bridgehead atoms. The van der Waals surface area contributed by atoms with E-state index >= 15 is 0 Å². The van der Waals surface area contributed by atoms with Crippen LogP contribution >= 0.6 is 12.6 Å². The first-order chi connectivity index (χ1) is 9.38. The van der Waals surface area contributed by atoms with Crippen molar-refractivity contribution in [3.63, 3.8) is 0 Å². The van der Waals surface area contributed by atoms with E-state index in [2.05, 4.69) is 17.9 Å². The molecule has 0 aromatic heterocycles. The lowest BCUT2D eigenvalue weighted by Crippen LogP contribution is -2.12. The van der Waals surface area contributed by atoms with Gasteiger partial charge >= 0.3 is 0 Å². The summed E-state index contributed by atoms with van der Waals surface area (Å²) in [4.78, 5) is 12.5. The van der Waals surface area contributed by atoms with Crippen molar-refractivity contribution < 1.29 is 18.0 Å². The first-order valence-corrected chi connectivity index (χ1v) is 6.08. The van der Waals surface area contributed by atoms with Gasteiger partial charge in [-0.15, -0.1) is 12.6 Å². The van der Waals surface area contributed by atoms with Crippen molar-refractivity contribution in [1.29, 1.82) is 0 Å². The zero-order valence-corrected chi connectivity index (χ0v) is 11.3. The lowest BCUT2D eigenvalue weighted by Gasteiger charge is -2.07. The van der Waals surface area contributed by atoms with E-state index in [4.69, 9.17) is 0 Å². The van der Waals surface area contributed by atoms with Crippen LogP contribution in [-0.2, 0) is 0 Å². The largest absolute Gasteiger partial charge is 0.322 e. The summed E-state index contributed by atoms with van der Waals surface area (Å²) in [5, 5.41) is 2.29. The molecule has 0 unspecified atom stereocenters. The van der Waals surface area contributed by atoms with Crippen molar-refractivity contribution >= 4 is 24.2 Å². The van der Waals surface area contributed by atoms with Crippen LogP contribution in [0.1, 0.15) is 15.9 Å². The van der Waals surface area contributed by atoms with Gasteiger partial charge in [0, 0.05) is 28.3 Å². The summed E-state index contributed by atoms with van der Waals surface area (Å²) in [6.07, 6.45) is 0. The van der Waals surface area contributed by atoms with Gasteiger partial charge in [-0.05, 0) is 24.6 Å². The predicted molar refractivity (Wildman–Crippen MR) is 72.7 cm³/mol. The molecule has 0 aliphatic carbocycles. The predicted octanol–water partition coefficient (Wildman–Crippen LogP) is 3.95. The first-order valence-electron chi connectivity index (χ1n) is 5.64. The third-order valence-corrected chi connectivity index (χ3v) is 3.19. The van der Waals surface area contributed by atoms with E-state index in [-0.39, 0.29) is 11.3 Å². The molecule has 104 valence electrons. The summed E-state index contributed by atoms with van der Waals surface area (Å²) < 4.78 is 38.9. The summed E-state index contributed by atoms with van der Waals surface area (Å²) in [7, 11) is 0. The number of halogens is 3. The minimum Gasteiger partial charge on any atom is -0.322 e. The number of benzene rings is 2. The SMILES string of the molecule is Cc1ccc(C(=O)Nc2cc(F)c(F)c(F)c2)cc1S. The summed E-state index contributed by atoms with van der Waals surface area (Å²) >= 11 is 4.18. The highest BCUT2D eigenvalue weighted by atomic mass is 32.1. The van der Waals surface area contributed by atoms with E-state index in [1.165, 1.54) is 6.07 Å². The second-order valence-electron chi connectivity index (χ2n) is 4.21. The van der Waals surface area contributed by atoms with Crippen molar-refractivity contribution in [2.45, 2.75) is 11.8 Å². The summed E-state index contributed by atoms with van der Waals surface area (Å²) in [5.41, 5.74) is 1.02. The van der Waals surface area contributed by atoms with Gasteiger partial charge in [-0.2, -0.15) is 0 Å². The minimum absolute atomic E-state index is 0.160. The number of carbonyl (C=O) groups excluding carboxylic acids is 1. The molecule has 2 aromatic carbocycles. The quantitative estimate of drug-likeness (QED) is 0.638. The highest BCUT2D eigenvalue weighted by molar-refractivity contribution is 7.80. The molecule has 0 radical (unpaired) electrons. The standard InChI is InChI=1S/C14H10F3NOS/c1-7-2-3-8(4-12(7)20)14(19)18-9-5-10(15)13(17)11(16)6-9/h2-6,20H,1H3,(H,18,19). The smallest absolute Gasteiger partial charge is 0.255 e. The number of thiol groups is 1. The monoisotopic (exact) mass is 297 g/mol. The molecule has 2 rings (SSSR count). The molecule has 0 heterocycles. The molecule has 0 spiro atoms. The summed E-state index contributed by atoms with van der Waals surface area (Å²) in [5.74, 6) is -4.86. The van der Waals surface area contributed by atoms with E-state index < -0.39 is 23.4 Å². The van der Waals surface area contributed by atoms with E-state index in [9.17, 15) is 18.0 Å². The number of aryl methyl sites for hydroxylation is 1. The molecule has 0 atom stereocenters. The van der Waals surface area contributed by atoms with Crippen LogP contribution < -0.4 is 5.32 Å². The lowest BCUT2D eigenvalue weighted by atomic mass is 10.1. The van der Waals surface area contributed by atoms with Crippen LogP contribution in [0, 0.1) is 24.4 Å².